The van der Waals surface area contributed by atoms with Crippen LogP contribution in [0.3, 0.4) is 0 Å². The Morgan fingerprint density at radius 1 is 1.00 bits per heavy atom. The molecule has 0 bridgehead atoms. The van der Waals surface area contributed by atoms with Crippen LogP contribution in [0.5, 0.6) is 0 Å². The van der Waals surface area contributed by atoms with Crippen LogP contribution in [0.4, 0.5) is 11.4 Å². The summed E-state index contributed by atoms with van der Waals surface area (Å²) in [5.74, 6) is 0.835. The van der Waals surface area contributed by atoms with Gasteiger partial charge in [0.25, 0.3) is 0 Å². The predicted octanol–water partition coefficient (Wildman–Crippen LogP) is 4.96. The summed E-state index contributed by atoms with van der Waals surface area (Å²) in [6.45, 7) is 1.34. The number of amidine groups is 1. The second-order valence-electron chi connectivity index (χ2n) is 6.33. The summed E-state index contributed by atoms with van der Waals surface area (Å²) in [5.41, 5.74) is 3.99. The van der Waals surface area contributed by atoms with Crippen LogP contribution < -0.4 is 16.0 Å². The summed E-state index contributed by atoms with van der Waals surface area (Å²) < 4.78 is 0. The molecule has 0 saturated carbocycles. The minimum atomic E-state index is -0.188. The Hall–Kier alpha value is -2.76. The van der Waals surface area contributed by atoms with Crippen LogP contribution in [0, 0.1) is 0 Å². The average molecular weight is 412 g/mol. The standard InChI is InChI=1S/C21H19Cl2N5/c22-14-5-6-16(18(23)13-14)21-27-19-4-2-1-3-17(19)20(28-21)26-12-11-25-15-7-9-24-10-8-15/h1-10,13,21,27H,11-12H2,(H,24,25)(H,26,28). The van der Waals surface area contributed by atoms with Gasteiger partial charge in [-0.05, 0) is 36.4 Å². The van der Waals surface area contributed by atoms with E-state index in [2.05, 4.69) is 20.9 Å². The molecule has 0 fully saturated rings. The van der Waals surface area contributed by atoms with Crippen molar-refractivity contribution in [2.75, 3.05) is 23.7 Å². The summed E-state index contributed by atoms with van der Waals surface area (Å²) in [4.78, 5) is 8.80. The highest BCUT2D eigenvalue weighted by Crippen LogP contribution is 2.31. The van der Waals surface area contributed by atoms with E-state index in [1.54, 1.807) is 18.5 Å². The van der Waals surface area contributed by atoms with E-state index in [1.165, 1.54) is 0 Å². The van der Waals surface area contributed by atoms with E-state index in [0.717, 1.165) is 34.9 Å². The van der Waals surface area contributed by atoms with Crippen LogP contribution >= 0.6 is 23.2 Å². The molecule has 1 aliphatic rings. The lowest BCUT2D eigenvalue weighted by atomic mass is 10.1. The fourth-order valence-corrected chi connectivity index (χ4v) is 3.60. The van der Waals surface area contributed by atoms with E-state index >= 15 is 0 Å². The number of hydrogen-bond acceptors (Lipinski definition) is 4. The van der Waals surface area contributed by atoms with Gasteiger partial charge in [0.05, 0.1) is 6.54 Å². The number of aromatic nitrogens is 1. The molecule has 5 nitrogen and oxygen atoms in total. The molecule has 0 spiro atoms. The number of para-hydroxylation sites is 1. The predicted molar refractivity (Wildman–Crippen MR) is 117 cm³/mol. The molecule has 2 aromatic carbocycles. The summed E-state index contributed by atoms with van der Waals surface area (Å²) in [6, 6.07) is 17.5. The molecule has 1 atom stereocenters. The van der Waals surface area contributed by atoms with Crippen molar-refractivity contribution in [3.8, 4) is 0 Å². The summed E-state index contributed by atoms with van der Waals surface area (Å²) >= 11 is 12.5. The highest BCUT2D eigenvalue weighted by molar-refractivity contribution is 6.35. The van der Waals surface area contributed by atoms with E-state index in [1.807, 2.05) is 48.5 Å². The van der Waals surface area contributed by atoms with Crippen LogP contribution in [0.25, 0.3) is 0 Å². The third-order valence-corrected chi connectivity index (χ3v) is 4.99. The van der Waals surface area contributed by atoms with Crippen molar-refractivity contribution in [3.05, 3.63) is 88.2 Å². The Morgan fingerprint density at radius 3 is 2.64 bits per heavy atom. The van der Waals surface area contributed by atoms with Gasteiger partial charge in [-0.2, -0.15) is 0 Å². The molecule has 7 heteroatoms. The molecule has 142 valence electrons. The zero-order chi connectivity index (χ0) is 19.3. The van der Waals surface area contributed by atoms with Crippen LogP contribution in [0.2, 0.25) is 10.0 Å². The van der Waals surface area contributed by atoms with Crippen LogP contribution in [-0.2, 0) is 0 Å². The number of benzene rings is 2. The molecule has 1 aromatic heterocycles. The van der Waals surface area contributed by atoms with E-state index in [0.29, 0.717) is 16.6 Å². The fraction of sp³-hybridized carbons (Fsp3) is 0.143. The molecular formula is C21H19Cl2N5. The zero-order valence-electron chi connectivity index (χ0n) is 15.0. The smallest absolute Gasteiger partial charge is 0.132 e. The maximum atomic E-state index is 6.41. The zero-order valence-corrected chi connectivity index (χ0v) is 16.5. The number of anilines is 2. The van der Waals surface area contributed by atoms with Gasteiger partial charge in [0.1, 0.15) is 12.0 Å². The number of hydrogen-bond donors (Lipinski definition) is 3. The van der Waals surface area contributed by atoms with Gasteiger partial charge < -0.3 is 16.0 Å². The van der Waals surface area contributed by atoms with Crippen LogP contribution in [0.15, 0.2) is 72.0 Å². The lowest BCUT2D eigenvalue weighted by molar-refractivity contribution is 0.717. The summed E-state index contributed by atoms with van der Waals surface area (Å²) in [7, 11) is 0. The largest absolute Gasteiger partial charge is 0.383 e. The topological polar surface area (TPSA) is 61.3 Å². The van der Waals surface area contributed by atoms with E-state index in [4.69, 9.17) is 28.2 Å². The maximum Gasteiger partial charge on any atom is 0.132 e. The van der Waals surface area contributed by atoms with Crippen molar-refractivity contribution in [1.29, 1.82) is 0 Å². The fourth-order valence-electron chi connectivity index (χ4n) is 3.08. The second-order valence-corrected chi connectivity index (χ2v) is 7.17. The Labute approximate surface area is 173 Å². The second kappa shape index (κ2) is 8.50. The highest BCUT2D eigenvalue weighted by atomic mass is 35.5. The number of aliphatic imine (C=N–C) groups is 1. The summed E-state index contributed by atoms with van der Waals surface area (Å²) in [6.07, 6.45) is 3.34. The molecule has 0 aliphatic carbocycles. The van der Waals surface area contributed by atoms with Crippen molar-refractivity contribution in [1.82, 2.24) is 10.3 Å². The number of nitrogens with zero attached hydrogens (tertiary/aromatic N) is 2. The molecule has 28 heavy (non-hydrogen) atoms. The minimum Gasteiger partial charge on any atom is -0.383 e. The Morgan fingerprint density at radius 2 is 1.82 bits per heavy atom. The first kappa shape index (κ1) is 18.6. The number of nitrogens with one attached hydrogen (secondary N) is 3. The lowest BCUT2D eigenvalue weighted by Gasteiger charge is -2.31. The Bertz CT molecular complexity index is 991. The Balaban J connectivity index is 1.53. The van der Waals surface area contributed by atoms with Crippen LogP contribution in [-0.4, -0.2) is 23.9 Å². The molecule has 3 N–H and O–H groups in total. The molecule has 4 rings (SSSR count). The molecule has 1 aliphatic heterocycles. The van der Waals surface area contributed by atoms with Gasteiger partial charge >= 0.3 is 0 Å². The monoisotopic (exact) mass is 411 g/mol. The maximum absolute atomic E-state index is 6.41. The van der Waals surface area contributed by atoms with E-state index in [9.17, 15) is 0 Å². The van der Waals surface area contributed by atoms with E-state index < -0.39 is 0 Å². The highest BCUT2D eigenvalue weighted by Gasteiger charge is 2.24. The third-order valence-electron chi connectivity index (χ3n) is 4.43. The van der Waals surface area contributed by atoms with E-state index in [-0.39, 0.29) is 6.17 Å². The molecule has 3 aromatic rings. The van der Waals surface area contributed by atoms with Gasteiger partial charge in [-0.25, -0.2) is 0 Å². The molecule has 1 unspecified atom stereocenters. The average Bonchev–Trinajstić information content (AvgIpc) is 2.72. The summed E-state index contributed by atoms with van der Waals surface area (Å²) in [5, 5.41) is 11.5. The molecular weight excluding hydrogens is 393 g/mol. The van der Waals surface area contributed by atoms with Crippen molar-refractivity contribution >= 4 is 40.4 Å². The van der Waals surface area contributed by atoms with Gasteiger partial charge in [-0.15, -0.1) is 0 Å². The first-order chi connectivity index (χ1) is 13.7. The van der Waals surface area contributed by atoms with Gasteiger partial charge in [0.2, 0.25) is 0 Å². The van der Waals surface area contributed by atoms with Crippen molar-refractivity contribution in [2.45, 2.75) is 6.17 Å². The lowest BCUT2D eigenvalue weighted by Crippen LogP contribution is -2.39. The number of fused-ring (bicyclic) bond motifs is 1. The first-order valence-electron chi connectivity index (χ1n) is 8.96. The van der Waals surface area contributed by atoms with Gasteiger partial charge in [-0.3, -0.25) is 9.98 Å². The number of halogens is 2. The van der Waals surface area contributed by atoms with Crippen LogP contribution in [0.1, 0.15) is 17.3 Å². The molecule has 2 heterocycles. The Kier molecular flexibility index (Phi) is 5.65. The van der Waals surface area contributed by atoms with Gasteiger partial charge in [0.15, 0.2) is 0 Å². The van der Waals surface area contributed by atoms with Gasteiger partial charge in [0, 0.05) is 51.5 Å². The van der Waals surface area contributed by atoms with Crippen molar-refractivity contribution < 1.29 is 0 Å². The molecule has 0 amide bonds. The molecule has 0 radical (unpaired) electrons. The quantitative estimate of drug-likeness (QED) is 0.519. The normalized spacial score (nSPS) is 16.8. The number of rotatable bonds is 5. The van der Waals surface area contributed by atoms with Crippen molar-refractivity contribution in [3.63, 3.8) is 0 Å². The first-order valence-corrected chi connectivity index (χ1v) is 9.72. The van der Waals surface area contributed by atoms with Crippen molar-refractivity contribution in [2.24, 2.45) is 4.99 Å². The minimum absolute atomic E-state index is 0.188. The molecule has 0 saturated heterocycles. The third kappa shape index (κ3) is 4.21. The van der Waals surface area contributed by atoms with Gasteiger partial charge in [-0.1, -0.05) is 41.4 Å². The number of pyridine rings is 1. The SMILES string of the molecule is Clc1ccc(C2NC(=NCCNc3ccncc3)c3ccccc3N2)c(Cl)c1.